The third kappa shape index (κ3) is 2.63. The predicted molar refractivity (Wildman–Crippen MR) is 60.4 cm³/mol. The quantitative estimate of drug-likeness (QED) is 0.643. The van der Waals surface area contributed by atoms with Crippen molar-refractivity contribution in [3.8, 4) is 0 Å². The van der Waals surface area contributed by atoms with Gasteiger partial charge in [0, 0.05) is 0 Å². The van der Waals surface area contributed by atoms with Crippen molar-refractivity contribution in [1.82, 2.24) is 0 Å². The van der Waals surface area contributed by atoms with Gasteiger partial charge in [-0.3, -0.25) is 0 Å². The van der Waals surface area contributed by atoms with E-state index in [0.717, 1.165) is 24.4 Å². The Balaban J connectivity index is 2.56. The van der Waals surface area contributed by atoms with E-state index < -0.39 is 0 Å². The first-order chi connectivity index (χ1) is 6.67. The van der Waals surface area contributed by atoms with Gasteiger partial charge in [0.05, 0.1) is 0 Å². The molecule has 0 saturated heterocycles. The van der Waals surface area contributed by atoms with Gasteiger partial charge in [-0.25, -0.2) is 0 Å². The lowest BCUT2D eigenvalue weighted by molar-refractivity contribution is 0.500. The van der Waals surface area contributed by atoms with Crippen LogP contribution < -0.4 is 0 Å². The lowest BCUT2D eigenvalue weighted by Crippen LogP contribution is -1.94. The monoisotopic (exact) mass is 190 g/mol. The smallest absolute Gasteiger partial charge is 0.104 e. The molecular formula is C13H18O. The van der Waals surface area contributed by atoms with Gasteiger partial charge in [0.1, 0.15) is 11.5 Å². The molecule has 0 radical (unpaired) electrons. The minimum Gasteiger partial charge on any atom is -0.466 e. The van der Waals surface area contributed by atoms with Crippen LogP contribution in [-0.2, 0) is 6.42 Å². The van der Waals surface area contributed by atoms with Gasteiger partial charge in [0.25, 0.3) is 0 Å². The molecule has 0 fully saturated rings. The summed E-state index contributed by atoms with van der Waals surface area (Å²) >= 11 is 0. The Bertz CT molecular complexity index is 312. The molecule has 0 aromatic carbocycles. The third-order valence-electron chi connectivity index (χ3n) is 2.50. The van der Waals surface area contributed by atoms with Crippen LogP contribution in [0.5, 0.6) is 0 Å². The molecule has 1 heteroatoms. The van der Waals surface area contributed by atoms with E-state index in [1.807, 2.05) is 26.0 Å². The number of furan rings is 1. The van der Waals surface area contributed by atoms with Crippen molar-refractivity contribution in [2.75, 3.05) is 0 Å². The second-order valence-corrected chi connectivity index (χ2v) is 3.61. The molecule has 1 nitrogen and oxygen atoms in total. The minimum atomic E-state index is 0.407. The standard InChI is InChI=1S/C13H18O/c1-5-12(6-2)7-8-13-9-10(3)14-11(13)4/h5-6,9,12H,1-2,7-8H2,3-4H3. The highest BCUT2D eigenvalue weighted by molar-refractivity contribution is 5.20. The zero-order valence-electron chi connectivity index (χ0n) is 9.05. The van der Waals surface area contributed by atoms with Gasteiger partial charge in [-0.05, 0) is 44.2 Å². The molecule has 0 amide bonds. The van der Waals surface area contributed by atoms with E-state index in [0.29, 0.717) is 5.92 Å². The van der Waals surface area contributed by atoms with Crippen LogP contribution in [0, 0.1) is 19.8 Å². The zero-order valence-corrected chi connectivity index (χ0v) is 9.05. The Morgan fingerprint density at radius 3 is 2.43 bits per heavy atom. The molecular weight excluding hydrogens is 172 g/mol. The van der Waals surface area contributed by atoms with Crippen LogP contribution in [0.4, 0.5) is 0 Å². The second kappa shape index (κ2) is 4.85. The maximum absolute atomic E-state index is 5.46. The number of aryl methyl sites for hydroxylation is 3. The van der Waals surface area contributed by atoms with E-state index in [1.165, 1.54) is 5.56 Å². The molecule has 1 heterocycles. The van der Waals surface area contributed by atoms with Crippen molar-refractivity contribution in [2.24, 2.45) is 5.92 Å². The third-order valence-corrected chi connectivity index (χ3v) is 2.50. The molecule has 76 valence electrons. The van der Waals surface area contributed by atoms with Crippen LogP contribution in [0.15, 0.2) is 35.8 Å². The van der Waals surface area contributed by atoms with Crippen molar-refractivity contribution < 1.29 is 4.42 Å². The van der Waals surface area contributed by atoms with E-state index >= 15 is 0 Å². The lowest BCUT2D eigenvalue weighted by atomic mass is 10.00. The molecule has 0 saturated carbocycles. The number of allylic oxidation sites excluding steroid dienone is 2. The summed E-state index contributed by atoms with van der Waals surface area (Å²) in [7, 11) is 0. The highest BCUT2D eigenvalue weighted by Crippen LogP contribution is 2.18. The molecule has 0 aliphatic rings. The van der Waals surface area contributed by atoms with Gasteiger partial charge in [0.2, 0.25) is 0 Å². The molecule has 0 atom stereocenters. The first-order valence-corrected chi connectivity index (χ1v) is 4.98. The van der Waals surface area contributed by atoms with E-state index in [9.17, 15) is 0 Å². The molecule has 0 aliphatic carbocycles. The molecule has 0 bridgehead atoms. The predicted octanol–water partition coefficient (Wildman–Crippen LogP) is 3.82. The Morgan fingerprint density at radius 1 is 1.36 bits per heavy atom. The van der Waals surface area contributed by atoms with Gasteiger partial charge < -0.3 is 4.42 Å². The molecule has 1 aromatic heterocycles. The number of rotatable bonds is 5. The summed E-state index contributed by atoms with van der Waals surface area (Å²) in [4.78, 5) is 0. The van der Waals surface area contributed by atoms with Crippen molar-refractivity contribution in [1.29, 1.82) is 0 Å². The molecule has 0 spiro atoms. The molecule has 0 aliphatic heterocycles. The van der Waals surface area contributed by atoms with Crippen molar-refractivity contribution >= 4 is 0 Å². The number of hydrogen-bond donors (Lipinski definition) is 0. The summed E-state index contributed by atoms with van der Waals surface area (Å²) in [6, 6.07) is 2.11. The summed E-state index contributed by atoms with van der Waals surface area (Å²) in [6.45, 7) is 11.5. The Hall–Kier alpha value is -1.24. The fourth-order valence-corrected chi connectivity index (χ4v) is 1.59. The summed E-state index contributed by atoms with van der Waals surface area (Å²) < 4.78 is 5.46. The van der Waals surface area contributed by atoms with E-state index in [4.69, 9.17) is 4.42 Å². The van der Waals surface area contributed by atoms with Crippen molar-refractivity contribution in [3.63, 3.8) is 0 Å². The van der Waals surface area contributed by atoms with Gasteiger partial charge in [0.15, 0.2) is 0 Å². The average Bonchev–Trinajstić information content (AvgIpc) is 2.47. The molecule has 1 rings (SSSR count). The van der Waals surface area contributed by atoms with Gasteiger partial charge in [-0.1, -0.05) is 12.2 Å². The summed E-state index contributed by atoms with van der Waals surface area (Å²) in [6.07, 6.45) is 5.98. The maximum Gasteiger partial charge on any atom is 0.104 e. The van der Waals surface area contributed by atoms with Crippen molar-refractivity contribution in [3.05, 3.63) is 48.5 Å². The first kappa shape index (κ1) is 10.8. The van der Waals surface area contributed by atoms with Gasteiger partial charge >= 0.3 is 0 Å². The van der Waals surface area contributed by atoms with Crippen molar-refractivity contribution in [2.45, 2.75) is 26.7 Å². The SMILES string of the molecule is C=CC(C=C)CCc1cc(C)oc1C. The summed E-state index contributed by atoms with van der Waals surface area (Å²) in [5, 5.41) is 0. The average molecular weight is 190 g/mol. The Labute approximate surface area is 86.1 Å². The molecule has 0 N–H and O–H groups in total. The van der Waals surface area contributed by atoms with E-state index in [2.05, 4.69) is 19.2 Å². The van der Waals surface area contributed by atoms with Gasteiger partial charge in [-0.15, -0.1) is 13.2 Å². The van der Waals surface area contributed by atoms with Crippen LogP contribution in [0.1, 0.15) is 23.5 Å². The first-order valence-electron chi connectivity index (χ1n) is 4.98. The van der Waals surface area contributed by atoms with E-state index in [1.54, 1.807) is 0 Å². The molecule has 0 unspecified atom stereocenters. The lowest BCUT2D eigenvalue weighted by Gasteiger charge is -2.05. The normalized spacial score (nSPS) is 10.5. The Morgan fingerprint density at radius 2 is 2.00 bits per heavy atom. The van der Waals surface area contributed by atoms with Gasteiger partial charge in [-0.2, -0.15) is 0 Å². The van der Waals surface area contributed by atoms with Crippen LogP contribution >= 0.6 is 0 Å². The number of hydrogen-bond acceptors (Lipinski definition) is 1. The molecule has 1 aromatic rings. The largest absolute Gasteiger partial charge is 0.466 e. The highest BCUT2D eigenvalue weighted by Gasteiger charge is 2.06. The van der Waals surface area contributed by atoms with Crippen LogP contribution in [0.3, 0.4) is 0 Å². The minimum absolute atomic E-state index is 0.407. The van der Waals surface area contributed by atoms with Crippen LogP contribution in [0.2, 0.25) is 0 Å². The van der Waals surface area contributed by atoms with Crippen LogP contribution in [0.25, 0.3) is 0 Å². The van der Waals surface area contributed by atoms with E-state index in [-0.39, 0.29) is 0 Å². The Kier molecular flexibility index (Phi) is 3.75. The summed E-state index contributed by atoms with van der Waals surface area (Å²) in [5.74, 6) is 2.44. The maximum atomic E-state index is 5.46. The second-order valence-electron chi connectivity index (χ2n) is 3.61. The highest BCUT2D eigenvalue weighted by atomic mass is 16.3. The fraction of sp³-hybridized carbons (Fsp3) is 0.385. The topological polar surface area (TPSA) is 13.1 Å². The molecule has 14 heavy (non-hydrogen) atoms. The zero-order chi connectivity index (χ0) is 10.6. The summed E-state index contributed by atoms with van der Waals surface area (Å²) in [5.41, 5.74) is 1.30. The van der Waals surface area contributed by atoms with Crippen LogP contribution in [-0.4, -0.2) is 0 Å². The fourth-order valence-electron chi connectivity index (χ4n) is 1.59.